The number of hydrazine groups is 1. The summed E-state index contributed by atoms with van der Waals surface area (Å²) in [6.45, 7) is -0.0487. The van der Waals surface area contributed by atoms with Crippen LogP contribution in [-0.4, -0.2) is 25.9 Å². The number of alkyl halides is 3. The van der Waals surface area contributed by atoms with Crippen molar-refractivity contribution in [2.24, 2.45) is 5.84 Å². The summed E-state index contributed by atoms with van der Waals surface area (Å²) < 4.78 is 40.4. The molecule has 4 aromatic rings. The predicted molar refractivity (Wildman–Crippen MR) is 100 cm³/mol. The summed E-state index contributed by atoms with van der Waals surface area (Å²) in [4.78, 5) is 24.9. The van der Waals surface area contributed by atoms with Gasteiger partial charge in [-0.2, -0.15) is 13.2 Å². The number of amides is 1. The topological polar surface area (TPSA) is 85.0 Å². The number of rotatable bonds is 3. The van der Waals surface area contributed by atoms with Crippen molar-refractivity contribution in [3.8, 4) is 0 Å². The minimum Gasteiger partial charge on any atom is -0.271 e. The lowest BCUT2D eigenvalue weighted by molar-refractivity contribution is -0.136. The van der Waals surface area contributed by atoms with E-state index in [4.69, 9.17) is 5.84 Å². The Labute approximate surface area is 162 Å². The number of halogens is 3. The van der Waals surface area contributed by atoms with Crippen molar-refractivity contribution >= 4 is 27.7 Å². The first-order chi connectivity index (χ1) is 13.9. The molecule has 0 fully saturated rings. The second-order valence-corrected chi connectivity index (χ2v) is 6.35. The molecule has 29 heavy (non-hydrogen) atoms. The first-order valence-electron chi connectivity index (χ1n) is 8.56. The van der Waals surface area contributed by atoms with Crippen LogP contribution in [0.2, 0.25) is 0 Å². The fourth-order valence-corrected chi connectivity index (χ4v) is 3.19. The third-order valence-corrected chi connectivity index (χ3v) is 4.49. The van der Waals surface area contributed by atoms with Crippen LogP contribution in [0.25, 0.3) is 21.8 Å². The Kier molecular flexibility index (Phi) is 4.59. The molecule has 2 heterocycles. The molecule has 0 bridgehead atoms. The lowest BCUT2D eigenvalue weighted by atomic mass is 10.1. The normalized spacial score (nSPS) is 11.7. The van der Waals surface area contributed by atoms with Crippen molar-refractivity contribution in [3.63, 3.8) is 0 Å². The lowest BCUT2D eigenvalue weighted by Crippen LogP contribution is -2.37. The van der Waals surface area contributed by atoms with Gasteiger partial charge < -0.3 is 0 Å². The maximum absolute atomic E-state index is 13.5. The molecule has 2 aromatic heterocycles. The summed E-state index contributed by atoms with van der Waals surface area (Å²) in [6, 6.07) is 12.6. The molecule has 2 N–H and O–H groups in total. The zero-order valence-corrected chi connectivity index (χ0v) is 14.9. The maximum Gasteiger partial charge on any atom is 0.417 e. The van der Waals surface area contributed by atoms with Crippen molar-refractivity contribution in [2.75, 3.05) is 0 Å². The van der Waals surface area contributed by atoms with Crippen molar-refractivity contribution < 1.29 is 18.0 Å². The molecule has 6 nitrogen and oxygen atoms in total. The second kappa shape index (κ2) is 7.10. The van der Waals surface area contributed by atoms with Crippen LogP contribution in [0.3, 0.4) is 0 Å². The van der Waals surface area contributed by atoms with E-state index in [1.807, 2.05) is 12.1 Å². The van der Waals surface area contributed by atoms with Gasteiger partial charge in [0.05, 0.1) is 23.1 Å². The third-order valence-electron chi connectivity index (χ3n) is 4.49. The molecule has 0 radical (unpaired) electrons. The zero-order chi connectivity index (χ0) is 20.6. The van der Waals surface area contributed by atoms with Crippen LogP contribution in [0.1, 0.15) is 21.6 Å². The zero-order valence-electron chi connectivity index (χ0n) is 14.9. The third kappa shape index (κ3) is 3.47. The van der Waals surface area contributed by atoms with Crippen LogP contribution in [0.4, 0.5) is 13.2 Å². The molecule has 0 saturated heterocycles. The van der Waals surface area contributed by atoms with Crippen LogP contribution < -0.4 is 5.84 Å². The van der Waals surface area contributed by atoms with Crippen LogP contribution in [-0.2, 0) is 12.7 Å². The van der Waals surface area contributed by atoms with Crippen LogP contribution >= 0.6 is 0 Å². The van der Waals surface area contributed by atoms with Gasteiger partial charge in [-0.15, -0.1) is 0 Å². The molecule has 1 amide bonds. The number of para-hydroxylation sites is 1. The van der Waals surface area contributed by atoms with Gasteiger partial charge in [0.1, 0.15) is 12.0 Å². The van der Waals surface area contributed by atoms with Gasteiger partial charge in [-0.05, 0) is 23.8 Å². The molecule has 0 atom stereocenters. The Bertz CT molecular complexity index is 1220. The molecule has 0 aliphatic heterocycles. The Balaban J connectivity index is 1.75. The van der Waals surface area contributed by atoms with Gasteiger partial charge in [0.25, 0.3) is 5.91 Å². The van der Waals surface area contributed by atoms with Gasteiger partial charge in [0.2, 0.25) is 0 Å². The van der Waals surface area contributed by atoms with Gasteiger partial charge in [0, 0.05) is 17.0 Å². The number of nitrogens with zero attached hydrogens (tertiary/aromatic N) is 4. The Morgan fingerprint density at radius 1 is 1.00 bits per heavy atom. The average molecular weight is 397 g/mol. The van der Waals surface area contributed by atoms with E-state index < -0.39 is 23.3 Å². The number of fused-ring (bicyclic) bond motifs is 2. The van der Waals surface area contributed by atoms with E-state index in [0.29, 0.717) is 11.1 Å². The van der Waals surface area contributed by atoms with E-state index >= 15 is 0 Å². The molecule has 146 valence electrons. The molecule has 2 aromatic carbocycles. The summed E-state index contributed by atoms with van der Waals surface area (Å²) in [5, 5.41) is 1.31. The van der Waals surface area contributed by atoms with Crippen molar-refractivity contribution in [2.45, 2.75) is 12.7 Å². The first-order valence-corrected chi connectivity index (χ1v) is 8.56. The number of pyridine rings is 1. The van der Waals surface area contributed by atoms with Crippen molar-refractivity contribution in [1.29, 1.82) is 0 Å². The smallest absolute Gasteiger partial charge is 0.271 e. The molecular weight excluding hydrogens is 383 g/mol. The minimum atomic E-state index is -4.67. The van der Waals surface area contributed by atoms with E-state index in [1.54, 1.807) is 24.4 Å². The quantitative estimate of drug-likeness (QED) is 0.324. The van der Waals surface area contributed by atoms with Gasteiger partial charge in [-0.1, -0.05) is 30.3 Å². The largest absolute Gasteiger partial charge is 0.417 e. The number of carbonyl (C=O) groups is 1. The molecule has 4 rings (SSSR count). The van der Waals surface area contributed by atoms with Crippen LogP contribution in [0.5, 0.6) is 0 Å². The molecule has 0 aliphatic rings. The van der Waals surface area contributed by atoms with E-state index in [-0.39, 0.29) is 17.4 Å². The van der Waals surface area contributed by atoms with Crippen molar-refractivity contribution in [1.82, 2.24) is 20.0 Å². The molecular formula is C20H14F3N5O. The van der Waals surface area contributed by atoms with E-state index in [0.717, 1.165) is 22.8 Å². The monoisotopic (exact) mass is 397 g/mol. The summed E-state index contributed by atoms with van der Waals surface area (Å²) in [5.41, 5.74) is -0.0636. The van der Waals surface area contributed by atoms with E-state index in [9.17, 15) is 18.0 Å². The second-order valence-electron chi connectivity index (χ2n) is 6.35. The molecule has 9 heteroatoms. The summed E-state index contributed by atoms with van der Waals surface area (Å²) in [5.74, 6) is 5.09. The maximum atomic E-state index is 13.5. The summed E-state index contributed by atoms with van der Waals surface area (Å²) in [6.07, 6.45) is -2.01. The van der Waals surface area contributed by atoms with Crippen molar-refractivity contribution in [3.05, 3.63) is 77.9 Å². The fraction of sp³-hybridized carbons (Fsp3) is 0.100. The molecule has 0 spiro atoms. The van der Waals surface area contributed by atoms with Gasteiger partial charge in [0.15, 0.2) is 0 Å². The number of hydrogen-bond donors (Lipinski definition) is 1. The van der Waals surface area contributed by atoms with E-state index in [2.05, 4.69) is 15.0 Å². The lowest BCUT2D eigenvalue weighted by Gasteiger charge is -2.19. The fourth-order valence-electron chi connectivity index (χ4n) is 3.19. The highest BCUT2D eigenvalue weighted by molar-refractivity contribution is 6.05. The molecule has 0 unspecified atom stereocenters. The van der Waals surface area contributed by atoms with Gasteiger partial charge in [-0.25, -0.2) is 15.8 Å². The standard InChI is InChI=1S/C20H14F3N5O/c21-20(22,23)14-7-2-8-15-16(14)18(27-11-26-15)19(29)28(24)10-13-5-1-4-12-6-3-9-25-17(12)13/h1-9,11H,10,24H2. The number of carbonyl (C=O) groups excluding carboxylic acids is 1. The van der Waals surface area contributed by atoms with Crippen LogP contribution in [0, 0.1) is 0 Å². The molecule has 0 aliphatic carbocycles. The number of benzene rings is 2. The molecule has 0 saturated carbocycles. The van der Waals surface area contributed by atoms with Gasteiger partial charge in [-0.3, -0.25) is 14.8 Å². The average Bonchev–Trinajstić information content (AvgIpc) is 2.72. The minimum absolute atomic E-state index is 0.0124. The summed E-state index contributed by atoms with van der Waals surface area (Å²) in [7, 11) is 0. The SMILES string of the molecule is NN(Cc1cccc2cccnc12)C(=O)c1ncnc2cccc(C(F)(F)F)c12. The number of aromatic nitrogens is 3. The highest BCUT2D eigenvalue weighted by atomic mass is 19.4. The van der Waals surface area contributed by atoms with E-state index in [1.165, 1.54) is 12.1 Å². The Morgan fingerprint density at radius 3 is 2.55 bits per heavy atom. The predicted octanol–water partition coefficient (Wildman–Crippen LogP) is 3.71. The highest BCUT2D eigenvalue weighted by Crippen LogP contribution is 2.35. The van der Waals surface area contributed by atoms with Gasteiger partial charge >= 0.3 is 6.18 Å². The Hall–Kier alpha value is -3.59. The summed E-state index contributed by atoms with van der Waals surface area (Å²) >= 11 is 0. The Morgan fingerprint density at radius 2 is 1.76 bits per heavy atom. The van der Waals surface area contributed by atoms with Crippen LogP contribution in [0.15, 0.2) is 61.1 Å². The number of hydrogen-bond acceptors (Lipinski definition) is 5. The highest BCUT2D eigenvalue weighted by Gasteiger charge is 2.35. The first kappa shape index (κ1) is 18.8. The number of nitrogens with two attached hydrogens (primary N) is 1.